The maximum Gasteiger partial charge on any atom is 0.0965 e. The summed E-state index contributed by atoms with van der Waals surface area (Å²) < 4.78 is 0. The summed E-state index contributed by atoms with van der Waals surface area (Å²) in [6.07, 6.45) is 3.68. The molecule has 0 amide bonds. The molecule has 2 aromatic rings. The summed E-state index contributed by atoms with van der Waals surface area (Å²) in [5, 5.41) is 6.60. The van der Waals surface area contributed by atoms with Crippen molar-refractivity contribution in [1.82, 2.24) is 15.3 Å². The van der Waals surface area contributed by atoms with Crippen molar-refractivity contribution in [3.8, 4) is 0 Å². The summed E-state index contributed by atoms with van der Waals surface area (Å²) in [7, 11) is 0. The molecular formula is C12H15N3S. The molecule has 0 aliphatic carbocycles. The fourth-order valence-electron chi connectivity index (χ4n) is 1.48. The molecule has 0 radical (unpaired) electrons. The molecule has 2 rings (SSSR count). The van der Waals surface area contributed by atoms with Gasteiger partial charge in [0.05, 0.1) is 10.7 Å². The van der Waals surface area contributed by atoms with Crippen molar-refractivity contribution < 1.29 is 0 Å². The van der Waals surface area contributed by atoms with Gasteiger partial charge < -0.3 is 5.32 Å². The number of rotatable bonds is 5. The van der Waals surface area contributed by atoms with Crippen LogP contribution in [0.5, 0.6) is 0 Å². The van der Waals surface area contributed by atoms with Crippen molar-refractivity contribution in [3.05, 3.63) is 46.7 Å². The predicted molar refractivity (Wildman–Crippen MR) is 66.5 cm³/mol. The molecule has 0 aliphatic rings. The molecule has 0 saturated carbocycles. The zero-order chi connectivity index (χ0) is 11.2. The van der Waals surface area contributed by atoms with E-state index in [2.05, 4.69) is 22.2 Å². The molecule has 0 fully saturated rings. The molecule has 0 aliphatic heterocycles. The Morgan fingerprint density at radius 2 is 2.25 bits per heavy atom. The van der Waals surface area contributed by atoms with Crippen molar-refractivity contribution in [3.63, 3.8) is 0 Å². The smallest absolute Gasteiger partial charge is 0.0965 e. The predicted octanol–water partition coefficient (Wildman–Crippen LogP) is 2.43. The van der Waals surface area contributed by atoms with Gasteiger partial charge in [0.25, 0.3) is 0 Å². The summed E-state index contributed by atoms with van der Waals surface area (Å²) in [5.74, 6) is 0.462. The Hall–Kier alpha value is -1.26. The van der Waals surface area contributed by atoms with Crippen molar-refractivity contribution in [2.75, 3.05) is 6.54 Å². The molecule has 84 valence electrons. The molecule has 0 spiro atoms. The van der Waals surface area contributed by atoms with E-state index < -0.39 is 0 Å². The number of pyridine rings is 1. The zero-order valence-corrected chi connectivity index (χ0v) is 10.1. The lowest BCUT2D eigenvalue weighted by Crippen LogP contribution is -2.20. The number of nitrogens with zero attached hydrogens (tertiary/aromatic N) is 2. The van der Waals surface area contributed by atoms with Crippen molar-refractivity contribution in [2.24, 2.45) is 0 Å². The Balaban J connectivity index is 1.76. The second-order valence-electron chi connectivity index (χ2n) is 3.72. The van der Waals surface area contributed by atoms with E-state index in [-0.39, 0.29) is 0 Å². The van der Waals surface area contributed by atoms with E-state index in [1.165, 1.54) is 5.01 Å². The second kappa shape index (κ2) is 5.72. The maximum atomic E-state index is 4.30. The second-order valence-corrected chi connectivity index (χ2v) is 4.65. The number of aromatic nitrogens is 2. The topological polar surface area (TPSA) is 37.8 Å². The van der Waals surface area contributed by atoms with E-state index in [1.807, 2.05) is 36.0 Å². The third kappa shape index (κ3) is 3.12. The van der Waals surface area contributed by atoms with Crippen LogP contribution in [0.15, 0.2) is 36.0 Å². The van der Waals surface area contributed by atoms with Gasteiger partial charge in [0, 0.05) is 36.8 Å². The van der Waals surface area contributed by atoms with Gasteiger partial charge in [-0.1, -0.05) is 13.0 Å². The molecule has 2 aromatic heterocycles. The van der Waals surface area contributed by atoms with Crippen LogP contribution in [0.1, 0.15) is 23.5 Å². The van der Waals surface area contributed by atoms with Crippen LogP contribution in [-0.2, 0) is 6.54 Å². The van der Waals surface area contributed by atoms with Gasteiger partial charge in [-0.15, -0.1) is 11.3 Å². The Bertz CT molecular complexity index is 399. The van der Waals surface area contributed by atoms with E-state index in [1.54, 1.807) is 11.3 Å². The number of thiazole rings is 1. The standard InChI is InChI=1S/C12H15N3S/c1-10(12-15-6-7-16-12)8-13-9-11-4-2-3-5-14-11/h2-7,10,13H,8-9H2,1H3. The molecule has 0 aromatic carbocycles. The zero-order valence-electron chi connectivity index (χ0n) is 9.26. The molecule has 0 saturated heterocycles. The Kier molecular flexibility index (Phi) is 4.02. The maximum absolute atomic E-state index is 4.30. The Labute approximate surface area is 99.6 Å². The number of nitrogens with one attached hydrogen (secondary N) is 1. The molecule has 1 N–H and O–H groups in total. The van der Waals surface area contributed by atoms with Crippen LogP contribution in [0.3, 0.4) is 0 Å². The summed E-state index contributed by atoms with van der Waals surface area (Å²) in [4.78, 5) is 8.57. The van der Waals surface area contributed by atoms with Gasteiger partial charge in [0.1, 0.15) is 0 Å². The highest BCUT2D eigenvalue weighted by atomic mass is 32.1. The molecule has 1 unspecified atom stereocenters. The highest BCUT2D eigenvalue weighted by Crippen LogP contribution is 2.16. The number of hydrogen-bond donors (Lipinski definition) is 1. The Morgan fingerprint density at radius 3 is 2.94 bits per heavy atom. The van der Waals surface area contributed by atoms with Gasteiger partial charge in [-0.05, 0) is 12.1 Å². The summed E-state index contributed by atoms with van der Waals surface area (Å²) in [6, 6.07) is 5.97. The van der Waals surface area contributed by atoms with Gasteiger partial charge in [0.2, 0.25) is 0 Å². The van der Waals surface area contributed by atoms with E-state index in [4.69, 9.17) is 0 Å². The van der Waals surface area contributed by atoms with Crippen LogP contribution in [-0.4, -0.2) is 16.5 Å². The number of hydrogen-bond acceptors (Lipinski definition) is 4. The van der Waals surface area contributed by atoms with Gasteiger partial charge in [-0.2, -0.15) is 0 Å². The van der Waals surface area contributed by atoms with Crippen LogP contribution < -0.4 is 5.32 Å². The van der Waals surface area contributed by atoms with Crippen molar-refractivity contribution in [2.45, 2.75) is 19.4 Å². The van der Waals surface area contributed by atoms with Gasteiger partial charge in [0.15, 0.2) is 0 Å². The molecular weight excluding hydrogens is 218 g/mol. The molecule has 0 bridgehead atoms. The third-order valence-corrected chi connectivity index (χ3v) is 3.36. The van der Waals surface area contributed by atoms with E-state index in [0.717, 1.165) is 18.8 Å². The van der Waals surface area contributed by atoms with Crippen LogP contribution >= 0.6 is 11.3 Å². The van der Waals surface area contributed by atoms with Crippen LogP contribution in [0.4, 0.5) is 0 Å². The van der Waals surface area contributed by atoms with Crippen LogP contribution in [0.2, 0.25) is 0 Å². The SMILES string of the molecule is CC(CNCc1ccccn1)c1nccs1. The summed E-state index contributed by atoms with van der Waals surface area (Å²) >= 11 is 1.71. The third-order valence-electron chi connectivity index (χ3n) is 2.36. The van der Waals surface area contributed by atoms with Crippen LogP contribution in [0, 0.1) is 0 Å². The van der Waals surface area contributed by atoms with Gasteiger partial charge >= 0.3 is 0 Å². The minimum absolute atomic E-state index is 0.462. The molecule has 4 heteroatoms. The minimum Gasteiger partial charge on any atom is -0.310 e. The largest absolute Gasteiger partial charge is 0.310 e. The lowest BCUT2D eigenvalue weighted by molar-refractivity contribution is 0.606. The molecule has 3 nitrogen and oxygen atoms in total. The first-order valence-corrected chi connectivity index (χ1v) is 6.24. The van der Waals surface area contributed by atoms with E-state index in [9.17, 15) is 0 Å². The summed E-state index contributed by atoms with van der Waals surface area (Å²) in [5.41, 5.74) is 1.08. The first-order chi connectivity index (χ1) is 7.86. The average molecular weight is 233 g/mol. The quantitative estimate of drug-likeness (QED) is 0.862. The molecule has 16 heavy (non-hydrogen) atoms. The van der Waals surface area contributed by atoms with Gasteiger partial charge in [-0.3, -0.25) is 4.98 Å². The van der Waals surface area contributed by atoms with E-state index >= 15 is 0 Å². The first-order valence-electron chi connectivity index (χ1n) is 5.36. The molecule has 2 heterocycles. The van der Waals surface area contributed by atoms with E-state index in [0.29, 0.717) is 5.92 Å². The average Bonchev–Trinajstić information content (AvgIpc) is 2.84. The summed E-state index contributed by atoms with van der Waals surface area (Å²) in [6.45, 7) is 3.94. The fourth-order valence-corrected chi connectivity index (χ4v) is 2.18. The minimum atomic E-state index is 0.462. The fraction of sp³-hybridized carbons (Fsp3) is 0.333. The first kappa shape index (κ1) is 11.2. The molecule has 1 atom stereocenters. The van der Waals surface area contributed by atoms with Gasteiger partial charge in [-0.25, -0.2) is 4.98 Å². The normalized spacial score (nSPS) is 12.6. The lowest BCUT2D eigenvalue weighted by Gasteiger charge is -2.09. The van der Waals surface area contributed by atoms with Crippen molar-refractivity contribution >= 4 is 11.3 Å². The van der Waals surface area contributed by atoms with Crippen LogP contribution in [0.25, 0.3) is 0 Å². The van der Waals surface area contributed by atoms with Crippen molar-refractivity contribution in [1.29, 1.82) is 0 Å². The highest BCUT2D eigenvalue weighted by Gasteiger charge is 2.07. The lowest BCUT2D eigenvalue weighted by atomic mass is 10.2. The highest BCUT2D eigenvalue weighted by molar-refractivity contribution is 7.09. The monoisotopic (exact) mass is 233 g/mol. The Morgan fingerprint density at radius 1 is 1.31 bits per heavy atom.